The fraction of sp³-hybridized carbons (Fsp3) is 0.0769. The van der Waals surface area contributed by atoms with Gasteiger partial charge in [0.2, 0.25) is 0 Å². The predicted octanol–water partition coefficient (Wildman–Crippen LogP) is 4.46. The fourth-order valence-electron chi connectivity index (χ4n) is 1.62. The first kappa shape index (κ1) is 13.5. The van der Waals surface area contributed by atoms with E-state index in [1.54, 1.807) is 18.2 Å². The number of halogens is 4. The van der Waals surface area contributed by atoms with E-state index in [0.717, 1.165) is 6.07 Å². The minimum Gasteiger partial charge on any atom is -0.384 e. The van der Waals surface area contributed by atoms with Crippen molar-refractivity contribution in [1.29, 1.82) is 0 Å². The summed E-state index contributed by atoms with van der Waals surface area (Å²) >= 11 is 9.01. The lowest BCUT2D eigenvalue weighted by molar-refractivity contribution is 0.212. The molecule has 0 aliphatic rings. The Bertz CT molecular complexity index is 589. The minimum absolute atomic E-state index is 0.113. The van der Waals surface area contributed by atoms with E-state index in [0.29, 0.717) is 15.1 Å². The van der Waals surface area contributed by atoms with E-state index >= 15 is 0 Å². The molecule has 0 bridgehead atoms. The summed E-state index contributed by atoms with van der Waals surface area (Å²) in [5, 5.41) is 10.6. The van der Waals surface area contributed by atoms with Crippen molar-refractivity contribution in [2.45, 2.75) is 6.10 Å². The second-order valence-electron chi connectivity index (χ2n) is 3.71. The summed E-state index contributed by atoms with van der Waals surface area (Å²) < 4.78 is 27.2. The second-order valence-corrected chi connectivity index (χ2v) is 5.00. The molecule has 94 valence electrons. The highest BCUT2D eigenvalue weighted by Crippen LogP contribution is 2.32. The molecular formula is C13H8BrClF2O. The topological polar surface area (TPSA) is 20.2 Å². The van der Waals surface area contributed by atoms with Gasteiger partial charge in [-0.05, 0) is 23.8 Å². The summed E-state index contributed by atoms with van der Waals surface area (Å²) in [5.41, 5.74) is 0.307. The molecule has 1 N–H and O–H groups in total. The van der Waals surface area contributed by atoms with E-state index in [-0.39, 0.29) is 5.56 Å². The largest absolute Gasteiger partial charge is 0.384 e. The SMILES string of the molecule is OC(c1ccc(Cl)cc1Br)c1cccc(F)c1F. The van der Waals surface area contributed by atoms with Crippen LogP contribution in [-0.2, 0) is 0 Å². The molecule has 1 atom stereocenters. The van der Waals surface area contributed by atoms with Crippen LogP contribution in [0.1, 0.15) is 17.2 Å². The highest BCUT2D eigenvalue weighted by Gasteiger charge is 2.19. The molecule has 2 aromatic carbocycles. The molecule has 0 aliphatic heterocycles. The first-order chi connectivity index (χ1) is 8.50. The molecule has 18 heavy (non-hydrogen) atoms. The molecular weight excluding hydrogens is 325 g/mol. The summed E-state index contributed by atoms with van der Waals surface area (Å²) in [6.45, 7) is 0. The molecule has 0 amide bonds. The summed E-state index contributed by atoms with van der Waals surface area (Å²) in [6.07, 6.45) is -1.26. The van der Waals surface area contributed by atoms with Crippen molar-refractivity contribution < 1.29 is 13.9 Å². The molecule has 0 aromatic heterocycles. The van der Waals surface area contributed by atoms with Crippen LogP contribution in [0.3, 0.4) is 0 Å². The standard InChI is InChI=1S/C13H8BrClF2O/c14-10-6-7(15)4-5-8(10)13(18)9-2-1-3-11(16)12(9)17/h1-6,13,18H. The molecule has 1 nitrogen and oxygen atoms in total. The van der Waals surface area contributed by atoms with Crippen LogP contribution in [-0.4, -0.2) is 5.11 Å². The third-order valence-electron chi connectivity index (χ3n) is 2.53. The van der Waals surface area contributed by atoms with Crippen LogP contribution in [0.15, 0.2) is 40.9 Å². The predicted molar refractivity (Wildman–Crippen MR) is 69.6 cm³/mol. The summed E-state index contributed by atoms with van der Waals surface area (Å²) in [6, 6.07) is 8.40. The lowest BCUT2D eigenvalue weighted by Gasteiger charge is -2.14. The summed E-state index contributed by atoms with van der Waals surface area (Å²) in [5.74, 6) is -2.04. The van der Waals surface area contributed by atoms with Crippen LogP contribution < -0.4 is 0 Å². The van der Waals surface area contributed by atoms with Gasteiger partial charge in [-0.1, -0.05) is 45.7 Å². The van der Waals surface area contributed by atoms with Crippen molar-refractivity contribution in [3.63, 3.8) is 0 Å². The number of benzene rings is 2. The average molecular weight is 334 g/mol. The zero-order valence-electron chi connectivity index (χ0n) is 9.00. The molecule has 0 fully saturated rings. The van der Waals surface area contributed by atoms with Gasteiger partial charge < -0.3 is 5.11 Å². The maximum absolute atomic E-state index is 13.6. The molecule has 0 radical (unpaired) electrons. The lowest BCUT2D eigenvalue weighted by atomic mass is 10.0. The van der Waals surface area contributed by atoms with Gasteiger partial charge in [-0.2, -0.15) is 0 Å². The van der Waals surface area contributed by atoms with E-state index in [1.807, 2.05) is 0 Å². The Morgan fingerprint density at radius 1 is 1.11 bits per heavy atom. The Morgan fingerprint density at radius 3 is 2.50 bits per heavy atom. The molecule has 0 saturated heterocycles. The van der Waals surface area contributed by atoms with E-state index < -0.39 is 17.7 Å². The first-order valence-electron chi connectivity index (χ1n) is 5.07. The Labute approximate surface area is 116 Å². The fourth-order valence-corrected chi connectivity index (χ4v) is 2.52. The van der Waals surface area contributed by atoms with Crippen molar-refractivity contribution >= 4 is 27.5 Å². The third-order valence-corrected chi connectivity index (χ3v) is 3.45. The van der Waals surface area contributed by atoms with Gasteiger partial charge in [-0.3, -0.25) is 0 Å². The van der Waals surface area contributed by atoms with E-state index in [1.165, 1.54) is 12.1 Å². The quantitative estimate of drug-likeness (QED) is 0.860. The van der Waals surface area contributed by atoms with Crippen molar-refractivity contribution in [1.82, 2.24) is 0 Å². The highest BCUT2D eigenvalue weighted by atomic mass is 79.9. The van der Waals surface area contributed by atoms with Crippen LogP contribution >= 0.6 is 27.5 Å². The summed E-state index contributed by atoms with van der Waals surface area (Å²) in [4.78, 5) is 0. The minimum atomic E-state index is -1.26. The molecule has 1 unspecified atom stereocenters. The highest BCUT2D eigenvalue weighted by molar-refractivity contribution is 9.10. The van der Waals surface area contributed by atoms with Crippen LogP contribution in [0.25, 0.3) is 0 Å². The zero-order chi connectivity index (χ0) is 13.3. The number of aliphatic hydroxyl groups excluding tert-OH is 1. The normalized spacial score (nSPS) is 12.5. The van der Waals surface area contributed by atoms with Crippen LogP contribution in [0, 0.1) is 11.6 Å². The van der Waals surface area contributed by atoms with Crippen molar-refractivity contribution in [2.24, 2.45) is 0 Å². The molecule has 0 spiro atoms. The second kappa shape index (κ2) is 5.34. The molecule has 5 heteroatoms. The van der Waals surface area contributed by atoms with E-state index in [4.69, 9.17) is 11.6 Å². The van der Waals surface area contributed by atoms with Gasteiger partial charge in [0.05, 0.1) is 0 Å². The van der Waals surface area contributed by atoms with Crippen molar-refractivity contribution in [2.75, 3.05) is 0 Å². The molecule has 2 aromatic rings. The molecule has 2 rings (SSSR count). The maximum atomic E-state index is 13.6. The number of rotatable bonds is 2. The number of hydrogen-bond donors (Lipinski definition) is 1. The van der Waals surface area contributed by atoms with E-state index in [2.05, 4.69) is 15.9 Å². The number of aliphatic hydroxyl groups is 1. The Balaban J connectivity index is 2.48. The zero-order valence-corrected chi connectivity index (χ0v) is 11.3. The van der Waals surface area contributed by atoms with Gasteiger partial charge in [0, 0.05) is 15.1 Å². The van der Waals surface area contributed by atoms with Crippen molar-refractivity contribution in [3.8, 4) is 0 Å². The maximum Gasteiger partial charge on any atom is 0.164 e. The summed E-state index contributed by atoms with van der Waals surface area (Å²) in [7, 11) is 0. The van der Waals surface area contributed by atoms with Gasteiger partial charge in [0.15, 0.2) is 11.6 Å². The van der Waals surface area contributed by atoms with E-state index in [9.17, 15) is 13.9 Å². The molecule has 0 saturated carbocycles. The van der Waals surface area contributed by atoms with Crippen LogP contribution in [0.5, 0.6) is 0 Å². The molecule has 0 aliphatic carbocycles. The van der Waals surface area contributed by atoms with Crippen molar-refractivity contribution in [3.05, 3.63) is 68.7 Å². The van der Waals surface area contributed by atoms with Crippen LogP contribution in [0.4, 0.5) is 8.78 Å². The van der Waals surface area contributed by atoms with Gasteiger partial charge in [-0.15, -0.1) is 0 Å². The van der Waals surface area contributed by atoms with Crippen LogP contribution in [0.2, 0.25) is 5.02 Å². The molecule has 0 heterocycles. The Morgan fingerprint density at radius 2 is 1.83 bits per heavy atom. The average Bonchev–Trinajstić information content (AvgIpc) is 2.32. The Hall–Kier alpha value is -0.970. The van der Waals surface area contributed by atoms with Gasteiger partial charge in [0.25, 0.3) is 0 Å². The number of hydrogen-bond acceptors (Lipinski definition) is 1. The monoisotopic (exact) mass is 332 g/mol. The lowest BCUT2D eigenvalue weighted by Crippen LogP contribution is -2.04. The Kier molecular flexibility index (Phi) is 4.00. The first-order valence-corrected chi connectivity index (χ1v) is 6.24. The van der Waals surface area contributed by atoms with Gasteiger partial charge in [0.1, 0.15) is 6.10 Å². The van der Waals surface area contributed by atoms with Gasteiger partial charge >= 0.3 is 0 Å². The third kappa shape index (κ3) is 2.55. The van der Waals surface area contributed by atoms with Gasteiger partial charge in [-0.25, -0.2) is 8.78 Å². The smallest absolute Gasteiger partial charge is 0.164 e.